The lowest BCUT2D eigenvalue weighted by Crippen LogP contribution is -2.18. The van der Waals surface area contributed by atoms with Gasteiger partial charge in [0.2, 0.25) is 0 Å². The molecule has 18 heteroatoms. The van der Waals surface area contributed by atoms with Gasteiger partial charge in [-0.3, -0.25) is 38.4 Å². The molecule has 1 aliphatic rings. The molecule has 0 heterocycles. The van der Waals surface area contributed by atoms with E-state index < -0.39 is 36.7 Å². The highest BCUT2D eigenvalue weighted by Crippen LogP contribution is 2.42. The summed E-state index contributed by atoms with van der Waals surface area (Å²) in [4.78, 5) is 135. The molecule has 0 aliphatic heterocycles. The Balaban J connectivity index is 2.03. The Morgan fingerprint density at radius 2 is 0.520 bits per heavy atom. The molecule has 532 valence electrons. The molecule has 0 amide bonds. The highest BCUT2D eigenvalue weighted by molar-refractivity contribution is 6.00. The largest absolute Gasteiger partial charge is 0.489 e. The monoisotopic (exact) mass is 1350 g/mol. The average molecular weight is 1350 g/mol. The Morgan fingerprint density at radius 1 is 0.306 bits per heavy atom. The molecule has 1 aliphatic carbocycles. The third-order valence-electron chi connectivity index (χ3n) is 16.6. The predicted octanol–water partition coefficient (Wildman–Crippen LogP) is 15.8. The number of carbonyl (C=O) groups is 10. The van der Waals surface area contributed by atoms with E-state index in [0.717, 1.165) is 77.0 Å². The van der Waals surface area contributed by atoms with Crippen LogP contribution in [0.5, 0.6) is 23.0 Å². The molecule has 98 heavy (non-hydrogen) atoms. The molecular formula is C80H104O18. The van der Waals surface area contributed by atoms with Crippen LogP contribution in [0.4, 0.5) is 0 Å². The first-order chi connectivity index (χ1) is 47.1. The number of hydrogen-bond acceptors (Lipinski definition) is 18. The molecule has 0 unspecified atom stereocenters. The Bertz CT molecular complexity index is 3140. The maximum Gasteiger partial charge on any atom is 0.333 e. The van der Waals surface area contributed by atoms with E-state index in [2.05, 4.69) is 40.9 Å². The van der Waals surface area contributed by atoms with Gasteiger partial charge in [0.1, 0.15) is 100 Å². The van der Waals surface area contributed by atoms with Crippen LogP contribution >= 0.6 is 0 Å². The van der Waals surface area contributed by atoms with E-state index in [1.807, 2.05) is 0 Å². The van der Waals surface area contributed by atoms with E-state index in [0.29, 0.717) is 92.4 Å². The quantitative estimate of drug-likeness (QED) is 0.00877. The van der Waals surface area contributed by atoms with Gasteiger partial charge in [-0.25, -0.2) is 9.59 Å². The Labute approximate surface area is 579 Å². The molecule has 0 saturated heterocycles. The molecule has 0 N–H and O–H groups in total. The number of ketones is 6. The van der Waals surface area contributed by atoms with Gasteiger partial charge in [-0.15, -0.1) is 0 Å². The number of ether oxygens (including phenoxy) is 8. The van der Waals surface area contributed by atoms with Crippen molar-refractivity contribution in [1.29, 1.82) is 0 Å². The average Bonchev–Trinajstić information content (AvgIpc) is 0.772. The van der Waals surface area contributed by atoms with Crippen molar-refractivity contribution in [2.75, 3.05) is 52.9 Å². The fraction of sp³-hybridized carbons (Fsp3) is 0.525. The van der Waals surface area contributed by atoms with Gasteiger partial charge in [0.25, 0.3) is 0 Å². The highest BCUT2D eigenvalue weighted by Gasteiger charge is 2.28. The first kappa shape index (κ1) is 80.1. The maximum atomic E-state index is 14.9. The van der Waals surface area contributed by atoms with Gasteiger partial charge in [0.05, 0.1) is 0 Å². The van der Waals surface area contributed by atoms with E-state index >= 15 is 0 Å². The summed E-state index contributed by atoms with van der Waals surface area (Å²) >= 11 is 0. The second kappa shape index (κ2) is 43.0. The highest BCUT2D eigenvalue weighted by atomic mass is 16.6. The van der Waals surface area contributed by atoms with Crippen molar-refractivity contribution < 1.29 is 85.8 Å². The van der Waals surface area contributed by atoms with Crippen molar-refractivity contribution in [2.45, 2.75) is 222 Å². The molecule has 4 aromatic rings. The summed E-state index contributed by atoms with van der Waals surface area (Å²) in [5, 5.41) is 0. The lowest BCUT2D eigenvalue weighted by atomic mass is 9.86. The molecule has 18 nitrogen and oxygen atoms in total. The fourth-order valence-corrected chi connectivity index (χ4v) is 11.6. The van der Waals surface area contributed by atoms with Gasteiger partial charge in [0, 0.05) is 84.8 Å². The maximum absolute atomic E-state index is 14.9. The van der Waals surface area contributed by atoms with Crippen LogP contribution < -0.4 is 18.9 Å². The van der Waals surface area contributed by atoms with E-state index in [1.54, 1.807) is 48.5 Å². The van der Waals surface area contributed by atoms with Crippen LogP contribution in [0.2, 0.25) is 0 Å². The molecule has 4 aromatic carbocycles. The Kier molecular flexibility index (Phi) is 35.2. The third kappa shape index (κ3) is 27.1. The third-order valence-corrected chi connectivity index (χ3v) is 16.6. The van der Waals surface area contributed by atoms with Crippen molar-refractivity contribution in [3.8, 4) is 23.0 Å². The number of unbranched alkanes of at least 4 members (excludes halogenated alkanes) is 12. The van der Waals surface area contributed by atoms with Crippen LogP contribution in [0.15, 0.2) is 72.8 Å². The summed E-state index contributed by atoms with van der Waals surface area (Å²) in [6.07, 6.45) is 12.9. The summed E-state index contributed by atoms with van der Waals surface area (Å²) in [6.45, 7) is 19.7. The molecule has 0 spiro atoms. The van der Waals surface area contributed by atoms with Gasteiger partial charge in [0.15, 0.2) is 23.1 Å². The van der Waals surface area contributed by atoms with Crippen molar-refractivity contribution in [3.63, 3.8) is 0 Å². The number of carbonyl (C=O) groups excluding carboxylic acids is 10. The fourth-order valence-electron chi connectivity index (χ4n) is 11.6. The molecule has 0 atom stereocenters. The van der Waals surface area contributed by atoms with Gasteiger partial charge >= 0.3 is 23.9 Å². The van der Waals surface area contributed by atoms with Gasteiger partial charge in [-0.05, 0) is 146 Å². The molecular weight excluding hydrogens is 1250 g/mol. The predicted molar refractivity (Wildman–Crippen MR) is 375 cm³/mol. The lowest BCUT2D eigenvalue weighted by Gasteiger charge is -2.25. The Hall–Kier alpha value is -8.54. The minimum atomic E-state index is -0.749. The van der Waals surface area contributed by atoms with Crippen LogP contribution in [0.25, 0.3) is 0 Å². The second-order valence-corrected chi connectivity index (χ2v) is 25.6. The summed E-state index contributed by atoms with van der Waals surface area (Å²) in [5.41, 5.74) is 5.40. The molecule has 8 bridgehead atoms. The van der Waals surface area contributed by atoms with Crippen molar-refractivity contribution in [1.82, 2.24) is 0 Å². The van der Waals surface area contributed by atoms with Crippen LogP contribution in [-0.2, 0) is 73.4 Å². The van der Waals surface area contributed by atoms with Gasteiger partial charge in [-0.2, -0.15) is 0 Å². The molecule has 0 radical (unpaired) electrons. The van der Waals surface area contributed by atoms with Gasteiger partial charge < -0.3 is 37.9 Å². The number of fused-ring (bicyclic) bond motifs is 8. The standard InChI is InChI=1S/C80H104O18/c1-11-15-19-23-27-69(83)57-41-61-49-65-45-59(71(85)29-25-21-17-13-3)47-67(77(65)95-35-37-97-79(89)53(5)6)51-63-43-58(70(84)28-24-20-16-12-2)44-64(76(63)94-34-32-92-74(88)40-56(10)82)52-68-48-60(72(86)30-26-22-18-14-4)46-66(78(68)96-36-38-98-80(90)54(7)8)50-62(42-57)75(61)93-33-31-91-73(87)39-55(9)81/h41-48H,5,7,11-40,49-52H2,1-4,6,8-10H3. The minimum absolute atomic E-state index is 0.0657. The first-order valence-corrected chi connectivity index (χ1v) is 35.3. The van der Waals surface area contributed by atoms with Crippen molar-refractivity contribution >= 4 is 58.6 Å². The number of Topliss-reactive ketones (excluding diaryl/α,β-unsaturated/α-hetero) is 6. The van der Waals surface area contributed by atoms with E-state index in [4.69, 9.17) is 37.9 Å². The number of benzene rings is 4. The molecule has 0 fully saturated rings. The zero-order chi connectivity index (χ0) is 71.5. The molecule has 0 aromatic heterocycles. The first-order valence-electron chi connectivity index (χ1n) is 35.3. The number of hydrogen-bond donors (Lipinski definition) is 0. The SMILES string of the molecule is C=C(C)C(=O)OCCOc1c2cc(C(=O)CCCCCC)cc1Cc1cc(C(=O)CCCCCC)cc(c1OCCOC(=O)CC(C)=O)Cc1cc(C(=O)CCCCCC)cc(c1OCCOC(=O)C(=C)C)Cc1cc(C(=O)CCCCCC)cc(c1OCCOC(=O)CC(C)=O)C2. The summed E-state index contributed by atoms with van der Waals surface area (Å²) < 4.78 is 49.6. The smallest absolute Gasteiger partial charge is 0.333 e. The van der Waals surface area contributed by atoms with Crippen LogP contribution in [0.1, 0.15) is 283 Å². The number of rotatable bonds is 46. The Morgan fingerprint density at radius 3 is 0.714 bits per heavy atom. The normalized spacial score (nSPS) is 11.6. The van der Waals surface area contributed by atoms with Crippen LogP contribution in [0.3, 0.4) is 0 Å². The van der Waals surface area contributed by atoms with E-state index in [-0.39, 0.29) is 173 Å². The zero-order valence-electron chi connectivity index (χ0n) is 59.4. The van der Waals surface area contributed by atoms with Crippen LogP contribution in [0, 0.1) is 0 Å². The topological polar surface area (TPSA) is 245 Å². The summed E-state index contributed by atoms with van der Waals surface area (Å²) in [6, 6.07) is 14.1. The van der Waals surface area contributed by atoms with Gasteiger partial charge in [-0.1, -0.05) is 118 Å². The summed E-state index contributed by atoms with van der Waals surface area (Å²) in [5.74, 6) is -3.06. The minimum Gasteiger partial charge on any atom is -0.489 e. The van der Waals surface area contributed by atoms with Crippen LogP contribution in [-0.4, -0.2) is 111 Å². The lowest BCUT2D eigenvalue weighted by molar-refractivity contribution is -0.147. The zero-order valence-corrected chi connectivity index (χ0v) is 59.4. The van der Waals surface area contributed by atoms with E-state index in [1.165, 1.54) is 27.7 Å². The summed E-state index contributed by atoms with van der Waals surface area (Å²) in [7, 11) is 0. The van der Waals surface area contributed by atoms with Crippen molar-refractivity contribution in [3.05, 3.63) is 140 Å². The second-order valence-electron chi connectivity index (χ2n) is 25.6. The van der Waals surface area contributed by atoms with Crippen molar-refractivity contribution in [2.24, 2.45) is 0 Å². The molecule has 5 rings (SSSR count). The molecule has 0 saturated carbocycles. The number of esters is 4. The van der Waals surface area contributed by atoms with E-state index in [9.17, 15) is 47.9 Å².